The number of Topliss-reactive ketones (excluding diaryl/α,β-unsaturated/α-hetero) is 2. The molecule has 1 unspecified atom stereocenters. The molecule has 0 heterocycles. The maximum absolute atomic E-state index is 12.5. The summed E-state index contributed by atoms with van der Waals surface area (Å²) in [6, 6.07) is 0. The van der Waals surface area contributed by atoms with Crippen LogP contribution in [-0.2, 0) is 9.59 Å². The number of halogens is 1. The Kier molecular flexibility index (Phi) is 3.66. The molecule has 0 spiro atoms. The molecule has 2 nitrogen and oxygen atoms in total. The molecule has 0 aromatic rings. The smallest absolute Gasteiger partial charge is 0.147 e. The van der Waals surface area contributed by atoms with Crippen LogP contribution < -0.4 is 0 Å². The summed E-state index contributed by atoms with van der Waals surface area (Å²) in [4.78, 5) is 24.9. The van der Waals surface area contributed by atoms with Gasteiger partial charge < -0.3 is 0 Å². The lowest BCUT2D eigenvalue weighted by Crippen LogP contribution is -2.59. The predicted molar refractivity (Wildman–Crippen MR) is 94.4 cm³/mol. The van der Waals surface area contributed by atoms with Gasteiger partial charge in [-0.3, -0.25) is 9.59 Å². The molecule has 4 aliphatic carbocycles. The van der Waals surface area contributed by atoms with E-state index in [0.29, 0.717) is 41.2 Å². The van der Waals surface area contributed by atoms with E-state index < -0.39 is 0 Å². The van der Waals surface area contributed by atoms with Crippen LogP contribution in [0.3, 0.4) is 0 Å². The normalized spacial score (nSPS) is 56.0. The first-order valence-corrected chi connectivity index (χ1v) is 10.4. The van der Waals surface area contributed by atoms with Gasteiger partial charge >= 0.3 is 0 Å². The second-order valence-electron chi connectivity index (χ2n) is 9.32. The lowest BCUT2D eigenvalue weighted by Gasteiger charge is -2.62. The highest BCUT2D eigenvalue weighted by molar-refractivity contribution is 9.10. The number of alkyl halides is 1. The number of carbonyl (C=O) groups is 2. The minimum absolute atomic E-state index is 0.0358. The number of hydrogen-bond acceptors (Lipinski definition) is 2. The van der Waals surface area contributed by atoms with Crippen LogP contribution in [0.1, 0.15) is 65.7 Å². The molecule has 3 heteroatoms. The van der Waals surface area contributed by atoms with Crippen LogP contribution in [0.25, 0.3) is 0 Å². The molecular weight excluding hydrogens is 352 g/mol. The Bertz CT molecular complexity index is 558. The van der Waals surface area contributed by atoms with Crippen molar-refractivity contribution in [2.75, 3.05) is 0 Å². The van der Waals surface area contributed by atoms with Crippen LogP contribution in [0.15, 0.2) is 0 Å². The van der Waals surface area contributed by atoms with E-state index in [4.69, 9.17) is 0 Å². The summed E-state index contributed by atoms with van der Waals surface area (Å²) >= 11 is 3.75. The average Bonchev–Trinajstić information content (AvgIpc) is 2.81. The number of hydrogen-bond donors (Lipinski definition) is 0. The number of ketones is 2. The van der Waals surface area contributed by atoms with E-state index in [1.807, 2.05) is 0 Å². The quantitative estimate of drug-likeness (QED) is 0.566. The highest BCUT2D eigenvalue weighted by Crippen LogP contribution is 2.66. The lowest BCUT2D eigenvalue weighted by molar-refractivity contribution is -0.152. The zero-order valence-corrected chi connectivity index (χ0v) is 16.2. The van der Waals surface area contributed by atoms with Crippen molar-refractivity contribution in [3.63, 3.8) is 0 Å². The Hall–Kier alpha value is -0.180. The standard InChI is InChI=1S/C20H29BrO2/c1-11-10-16(22)18(21)15-5-4-12-13-6-7-17(23)19(13,2)9-8-14(12)20(11,15)3/h11-15,18H,4-10H2,1-3H3/t11-,12+,13+,14+,15+,18?,19+,20-/m1/s1. The van der Waals surface area contributed by atoms with Gasteiger partial charge in [-0.25, -0.2) is 0 Å². The van der Waals surface area contributed by atoms with Crippen molar-refractivity contribution < 1.29 is 9.59 Å². The Balaban J connectivity index is 1.70. The molecule has 0 amide bonds. The molecule has 4 rings (SSSR count). The molecule has 0 aromatic heterocycles. The van der Waals surface area contributed by atoms with E-state index in [0.717, 1.165) is 32.1 Å². The molecule has 128 valence electrons. The third-order valence-corrected chi connectivity index (χ3v) is 9.93. The molecule has 0 saturated heterocycles. The predicted octanol–water partition coefficient (Wildman–Crippen LogP) is 4.79. The van der Waals surface area contributed by atoms with E-state index in [1.165, 1.54) is 12.8 Å². The molecule has 0 bridgehead atoms. The van der Waals surface area contributed by atoms with Gasteiger partial charge in [0.1, 0.15) is 11.6 Å². The van der Waals surface area contributed by atoms with Gasteiger partial charge in [0.05, 0.1) is 4.83 Å². The van der Waals surface area contributed by atoms with E-state index in [-0.39, 0.29) is 15.7 Å². The van der Waals surface area contributed by atoms with Crippen molar-refractivity contribution in [3.8, 4) is 0 Å². The van der Waals surface area contributed by atoms with Crippen LogP contribution in [0, 0.1) is 40.4 Å². The minimum Gasteiger partial charge on any atom is -0.299 e. The minimum atomic E-state index is -0.0358. The monoisotopic (exact) mass is 380 g/mol. The zero-order valence-electron chi connectivity index (χ0n) is 14.6. The Morgan fingerprint density at radius 1 is 1.00 bits per heavy atom. The molecule has 0 aliphatic heterocycles. The van der Waals surface area contributed by atoms with E-state index >= 15 is 0 Å². The van der Waals surface area contributed by atoms with E-state index in [9.17, 15) is 9.59 Å². The van der Waals surface area contributed by atoms with Gasteiger partial charge in [0.15, 0.2) is 0 Å². The molecule has 0 radical (unpaired) electrons. The van der Waals surface area contributed by atoms with E-state index in [2.05, 4.69) is 36.7 Å². The molecule has 8 atom stereocenters. The van der Waals surface area contributed by atoms with Crippen molar-refractivity contribution in [3.05, 3.63) is 0 Å². The largest absolute Gasteiger partial charge is 0.299 e. The Morgan fingerprint density at radius 3 is 2.48 bits per heavy atom. The highest BCUT2D eigenvalue weighted by Gasteiger charge is 2.63. The average molecular weight is 381 g/mol. The van der Waals surface area contributed by atoms with Crippen LogP contribution in [0.5, 0.6) is 0 Å². The van der Waals surface area contributed by atoms with Crippen molar-refractivity contribution in [2.24, 2.45) is 40.4 Å². The van der Waals surface area contributed by atoms with E-state index in [1.54, 1.807) is 0 Å². The van der Waals surface area contributed by atoms with Crippen molar-refractivity contribution in [2.45, 2.75) is 70.5 Å². The summed E-state index contributed by atoms with van der Waals surface area (Å²) in [5.41, 5.74) is 0.226. The van der Waals surface area contributed by atoms with Gasteiger partial charge in [-0.05, 0) is 67.1 Å². The fraction of sp³-hybridized carbons (Fsp3) is 0.900. The molecule has 4 fully saturated rings. The number of rotatable bonds is 0. The second-order valence-corrected chi connectivity index (χ2v) is 10.3. The SMILES string of the molecule is C[C@@H]1CC(=O)C(Br)[C@@H]2CC[C@@H]3[C@H](CC[C@]4(C)C(=O)CC[C@@H]34)[C@@]12C. The Labute approximate surface area is 148 Å². The van der Waals surface area contributed by atoms with Crippen LogP contribution in [-0.4, -0.2) is 16.4 Å². The molecule has 4 saturated carbocycles. The van der Waals surface area contributed by atoms with Crippen molar-refractivity contribution >= 4 is 27.5 Å². The Morgan fingerprint density at radius 2 is 1.74 bits per heavy atom. The summed E-state index contributed by atoms with van der Waals surface area (Å²) in [7, 11) is 0. The maximum Gasteiger partial charge on any atom is 0.147 e. The van der Waals surface area contributed by atoms with Crippen LogP contribution in [0.4, 0.5) is 0 Å². The molecule has 23 heavy (non-hydrogen) atoms. The highest BCUT2D eigenvalue weighted by atomic mass is 79.9. The summed E-state index contributed by atoms with van der Waals surface area (Å²) in [6.07, 6.45) is 7.29. The van der Waals surface area contributed by atoms with Gasteiger partial charge in [0, 0.05) is 18.3 Å². The van der Waals surface area contributed by atoms with Crippen molar-refractivity contribution in [1.29, 1.82) is 0 Å². The number of carbonyl (C=O) groups excluding carboxylic acids is 2. The van der Waals surface area contributed by atoms with Gasteiger partial charge in [0.2, 0.25) is 0 Å². The molecule has 0 N–H and O–H groups in total. The third kappa shape index (κ3) is 1.98. The summed E-state index contributed by atoms with van der Waals surface area (Å²) < 4.78 is 0. The first kappa shape index (κ1) is 16.3. The number of fused-ring (bicyclic) bond motifs is 5. The van der Waals surface area contributed by atoms with Gasteiger partial charge in [-0.1, -0.05) is 36.7 Å². The summed E-state index contributed by atoms with van der Waals surface area (Å²) in [5.74, 6) is 3.91. The van der Waals surface area contributed by atoms with Crippen molar-refractivity contribution in [1.82, 2.24) is 0 Å². The van der Waals surface area contributed by atoms with Gasteiger partial charge in [0.25, 0.3) is 0 Å². The lowest BCUT2D eigenvalue weighted by atomic mass is 9.43. The fourth-order valence-corrected chi connectivity index (χ4v) is 8.26. The fourth-order valence-electron chi connectivity index (χ4n) is 7.24. The van der Waals surface area contributed by atoms with Crippen LogP contribution in [0.2, 0.25) is 0 Å². The summed E-state index contributed by atoms with van der Waals surface area (Å²) in [6.45, 7) is 7.03. The summed E-state index contributed by atoms with van der Waals surface area (Å²) in [5, 5.41) is 0. The molecule has 4 aliphatic rings. The van der Waals surface area contributed by atoms with Gasteiger partial charge in [-0.15, -0.1) is 0 Å². The third-order valence-electron chi connectivity index (χ3n) is 8.79. The second kappa shape index (κ2) is 5.16. The first-order chi connectivity index (χ1) is 10.8. The first-order valence-electron chi connectivity index (χ1n) is 9.50. The van der Waals surface area contributed by atoms with Crippen LogP contribution >= 0.6 is 15.9 Å². The van der Waals surface area contributed by atoms with Gasteiger partial charge in [-0.2, -0.15) is 0 Å². The molecule has 0 aromatic carbocycles. The molecular formula is C20H29BrO2. The topological polar surface area (TPSA) is 34.1 Å². The zero-order chi connectivity index (χ0) is 16.6. The maximum atomic E-state index is 12.5.